The lowest BCUT2D eigenvalue weighted by Crippen LogP contribution is -2.46. The van der Waals surface area contributed by atoms with Crippen LogP contribution in [0.5, 0.6) is 0 Å². The first-order chi connectivity index (χ1) is 8.56. The summed E-state index contributed by atoms with van der Waals surface area (Å²) in [5.74, 6) is 0.338. The SMILES string of the molecule is CC(C)CC1NC(=O)N(C2CC3CCC2O3)C1=O. The lowest BCUT2D eigenvalue weighted by Gasteiger charge is -2.26. The maximum absolute atomic E-state index is 12.3. The Labute approximate surface area is 107 Å². The second kappa shape index (κ2) is 4.23. The predicted octanol–water partition coefficient (Wildman–Crippen LogP) is 1.27. The summed E-state index contributed by atoms with van der Waals surface area (Å²) >= 11 is 0. The number of nitrogens with one attached hydrogen (secondary N) is 1. The van der Waals surface area contributed by atoms with Gasteiger partial charge in [0.15, 0.2) is 0 Å². The largest absolute Gasteiger partial charge is 0.373 e. The minimum atomic E-state index is -0.336. The summed E-state index contributed by atoms with van der Waals surface area (Å²) in [7, 11) is 0. The highest BCUT2D eigenvalue weighted by atomic mass is 16.5. The summed E-state index contributed by atoms with van der Waals surface area (Å²) in [6.45, 7) is 4.12. The van der Waals surface area contributed by atoms with Gasteiger partial charge in [-0.05, 0) is 31.6 Å². The molecule has 3 amide bonds. The van der Waals surface area contributed by atoms with Gasteiger partial charge in [0.25, 0.3) is 5.91 Å². The molecule has 4 unspecified atom stereocenters. The van der Waals surface area contributed by atoms with E-state index in [1.165, 1.54) is 4.90 Å². The van der Waals surface area contributed by atoms with E-state index in [1.807, 2.05) is 0 Å². The second-order valence-corrected chi connectivity index (χ2v) is 6.02. The molecule has 5 heteroatoms. The van der Waals surface area contributed by atoms with Crippen LogP contribution >= 0.6 is 0 Å². The average Bonchev–Trinajstić information content (AvgIpc) is 2.94. The molecule has 0 aliphatic carbocycles. The average molecular weight is 252 g/mol. The number of rotatable bonds is 3. The summed E-state index contributed by atoms with van der Waals surface area (Å²) < 4.78 is 5.74. The molecule has 0 aromatic heterocycles. The number of ether oxygens (including phenoxy) is 1. The zero-order valence-corrected chi connectivity index (χ0v) is 10.9. The van der Waals surface area contributed by atoms with Gasteiger partial charge in [-0.2, -0.15) is 0 Å². The van der Waals surface area contributed by atoms with E-state index in [4.69, 9.17) is 4.74 Å². The van der Waals surface area contributed by atoms with E-state index in [0.717, 1.165) is 19.3 Å². The lowest BCUT2D eigenvalue weighted by atomic mass is 9.94. The summed E-state index contributed by atoms with van der Waals surface area (Å²) in [5.41, 5.74) is 0. The van der Waals surface area contributed by atoms with E-state index >= 15 is 0 Å². The van der Waals surface area contributed by atoms with E-state index in [9.17, 15) is 9.59 Å². The smallest absolute Gasteiger partial charge is 0.325 e. The molecule has 1 N–H and O–H groups in total. The molecule has 0 saturated carbocycles. The molecule has 0 aromatic carbocycles. The third kappa shape index (κ3) is 1.81. The Morgan fingerprint density at radius 1 is 1.39 bits per heavy atom. The molecule has 3 aliphatic rings. The molecule has 5 nitrogen and oxygen atoms in total. The number of imide groups is 1. The number of hydrogen-bond acceptors (Lipinski definition) is 3. The van der Waals surface area contributed by atoms with Crippen molar-refractivity contribution in [3.8, 4) is 0 Å². The van der Waals surface area contributed by atoms with Crippen LogP contribution in [0.15, 0.2) is 0 Å². The van der Waals surface area contributed by atoms with Crippen molar-refractivity contribution >= 4 is 11.9 Å². The van der Waals surface area contributed by atoms with Crippen molar-refractivity contribution in [2.45, 2.75) is 63.8 Å². The molecule has 18 heavy (non-hydrogen) atoms. The second-order valence-electron chi connectivity index (χ2n) is 6.02. The van der Waals surface area contributed by atoms with Gasteiger partial charge in [-0.3, -0.25) is 9.69 Å². The summed E-state index contributed by atoms with van der Waals surface area (Å²) in [4.78, 5) is 25.7. The summed E-state index contributed by atoms with van der Waals surface area (Å²) in [6, 6.07) is -0.600. The van der Waals surface area contributed by atoms with Gasteiger partial charge in [-0.15, -0.1) is 0 Å². The van der Waals surface area contributed by atoms with E-state index < -0.39 is 0 Å². The van der Waals surface area contributed by atoms with Gasteiger partial charge in [-0.1, -0.05) is 13.8 Å². The topological polar surface area (TPSA) is 58.6 Å². The highest BCUT2D eigenvalue weighted by Gasteiger charge is 2.51. The maximum atomic E-state index is 12.3. The van der Waals surface area contributed by atoms with Crippen molar-refractivity contribution in [2.75, 3.05) is 0 Å². The molecule has 100 valence electrons. The van der Waals surface area contributed by atoms with Gasteiger partial charge in [0, 0.05) is 0 Å². The summed E-state index contributed by atoms with van der Waals surface area (Å²) in [5, 5.41) is 2.80. The first-order valence-corrected chi connectivity index (χ1v) is 6.85. The highest BCUT2D eigenvalue weighted by Crippen LogP contribution is 2.38. The van der Waals surface area contributed by atoms with Crippen molar-refractivity contribution in [2.24, 2.45) is 5.92 Å². The van der Waals surface area contributed by atoms with Crippen LogP contribution in [0.4, 0.5) is 4.79 Å². The van der Waals surface area contributed by atoms with Crippen LogP contribution in [0.1, 0.15) is 39.5 Å². The molecule has 3 fully saturated rings. The number of hydrogen-bond donors (Lipinski definition) is 1. The standard InChI is InChI=1S/C13H20N2O3/c1-7(2)5-9-12(16)15(13(17)14-9)10-6-8-3-4-11(10)18-8/h7-11H,3-6H2,1-2H3,(H,14,17). The van der Waals surface area contributed by atoms with Gasteiger partial charge in [0.1, 0.15) is 6.04 Å². The highest BCUT2D eigenvalue weighted by molar-refractivity contribution is 6.04. The van der Waals surface area contributed by atoms with Crippen LogP contribution < -0.4 is 5.32 Å². The van der Waals surface area contributed by atoms with Crippen molar-refractivity contribution in [1.82, 2.24) is 10.2 Å². The fourth-order valence-corrected chi connectivity index (χ4v) is 3.38. The normalized spacial score (nSPS) is 38.9. The zero-order chi connectivity index (χ0) is 12.9. The first-order valence-electron chi connectivity index (χ1n) is 6.85. The molecular weight excluding hydrogens is 232 g/mol. The monoisotopic (exact) mass is 252 g/mol. The lowest BCUT2D eigenvalue weighted by molar-refractivity contribution is -0.130. The van der Waals surface area contributed by atoms with Crippen LogP contribution in [0.25, 0.3) is 0 Å². The summed E-state index contributed by atoms with van der Waals surface area (Å²) in [6.07, 6.45) is 3.90. The number of amides is 3. The van der Waals surface area contributed by atoms with Gasteiger partial charge in [0.05, 0.1) is 18.2 Å². The zero-order valence-electron chi connectivity index (χ0n) is 10.9. The molecular formula is C13H20N2O3. The van der Waals surface area contributed by atoms with Crippen LogP contribution in [0.3, 0.4) is 0 Å². The Hall–Kier alpha value is -1.10. The van der Waals surface area contributed by atoms with Crippen LogP contribution in [0.2, 0.25) is 0 Å². The molecule has 0 aromatic rings. The molecule has 0 radical (unpaired) electrons. The van der Waals surface area contributed by atoms with Gasteiger partial charge in [-0.25, -0.2) is 4.79 Å². The number of fused-ring (bicyclic) bond motifs is 2. The Kier molecular flexibility index (Phi) is 2.81. The van der Waals surface area contributed by atoms with Crippen molar-refractivity contribution in [3.05, 3.63) is 0 Å². The minimum absolute atomic E-state index is 0.0339. The fourth-order valence-electron chi connectivity index (χ4n) is 3.38. The Morgan fingerprint density at radius 3 is 2.72 bits per heavy atom. The number of carbonyl (C=O) groups is 2. The minimum Gasteiger partial charge on any atom is -0.373 e. The fraction of sp³-hybridized carbons (Fsp3) is 0.846. The van der Waals surface area contributed by atoms with Gasteiger partial charge in [0.2, 0.25) is 0 Å². The molecule has 3 aliphatic heterocycles. The quantitative estimate of drug-likeness (QED) is 0.770. The molecule has 3 heterocycles. The third-order valence-electron chi connectivity index (χ3n) is 4.16. The van der Waals surface area contributed by atoms with E-state index in [0.29, 0.717) is 12.3 Å². The number of urea groups is 1. The molecule has 0 spiro atoms. The molecule has 3 saturated heterocycles. The van der Waals surface area contributed by atoms with Crippen LogP contribution in [0, 0.1) is 5.92 Å². The van der Waals surface area contributed by atoms with Crippen LogP contribution in [-0.4, -0.2) is 41.1 Å². The number of nitrogens with zero attached hydrogens (tertiary/aromatic N) is 1. The maximum Gasteiger partial charge on any atom is 0.325 e. The first kappa shape index (κ1) is 12.0. The molecule has 3 rings (SSSR count). The molecule has 2 bridgehead atoms. The van der Waals surface area contributed by atoms with Gasteiger partial charge >= 0.3 is 6.03 Å². The van der Waals surface area contributed by atoms with Crippen LogP contribution in [-0.2, 0) is 9.53 Å². The Bertz CT molecular complexity index is 382. The Morgan fingerprint density at radius 2 is 2.17 bits per heavy atom. The third-order valence-corrected chi connectivity index (χ3v) is 4.16. The van der Waals surface area contributed by atoms with E-state index in [2.05, 4.69) is 19.2 Å². The molecule has 4 atom stereocenters. The van der Waals surface area contributed by atoms with E-state index in [1.54, 1.807) is 0 Å². The van der Waals surface area contributed by atoms with Crippen molar-refractivity contribution in [3.63, 3.8) is 0 Å². The predicted molar refractivity (Wildman–Crippen MR) is 64.9 cm³/mol. The van der Waals surface area contributed by atoms with Crippen molar-refractivity contribution < 1.29 is 14.3 Å². The Balaban J connectivity index is 1.73. The van der Waals surface area contributed by atoms with Gasteiger partial charge < -0.3 is 10.1 Å². The number of carbonyl (C=O) groups excluding carboxylic acids is 2. The van der Waals surface area contributed by atoms with Crippen molar-refractivity contribution in [1.29, 1.82) is 0 Å². The van der Waals surface area contributed by atoms with E-state index in [-0.39, 0.29) is 36.2 Å².